The van der Waals surface area contributed by atoms with Crippen LogP contribution in [0.3, 0.4) is 0 Å². The van der Waals surface area contributed by atoms with Crippen LogP contribution in [-0.4, -0.2) is 43.3 Å². The Labute approximate surface area is 121 Å². The third kappa shape index (κ3) is 3.44. The van der Waals surface area contributed by atoms with Gasteiger partial charge in [0.05, 0.1) is 6.61 Å². The fraction of sp³-hybridized carbons (Fsp3) is 0.625. The highest BCUT2D eigenvalue weighted by Crippen LogP contribution is 2.28. The van der Waals surface area contributed by atoms with Crippen molar-refractivity contribution < 1.29 is 9.47 Å². The monoisotopic (exact) mass is 278 g/mol. The molecule has 1 saturated heterocycles. The van der Waals surface area contributed by atoms with Gasteiger partial charge in [-0.3, -0.25) is 4.90 Å². The second-order valence-electron chi connectivity index (χ2n) is 5.83. The van der Waals surface area contributed by atoms with Gasteiger partial charge in [-0.15, -0.1) is 0 Å². The molecule has 4 heteroatoms. The van der Waals surface area contributed by atoms with Gasteiger partial charge in [-0.1, -0.05) is 26.0 Å². The van der Waals surface area contributed by atoms with Crippen LogP contribution in [0, 0.1) is 5.92 Å². The third-order valence-corrected chi connectivity index (χ3v) is 4.00. The summed E-state index contributed by atoms with van der Waals surface area (Å²) < 4.78 is 11.4. The second-order valence-corrected chi connectivity index (χ2v) is 5.83. The first-order valence-electron chi connectivity index (χ1n) is 7.41. The number of para-hydroxylation sites is 2. The normalized spacial score (nSPS) is 17.9. The van der Waals surface area contributed by atoms with Crippen molar-refractivity contribution in [2.24, 2.45) is 11.7 Å². The summed E-state index contributed by atoms with van der Waals surface area (Å²) >= 11 is 0. The number of ether oxygens (including phenoxy) is 2. The highest BCUT2D eigenvalue weighted by atomic mass is 16.5. The molecule has 1 heterocycles. The Kier molecular flexibility index (Phi) is 4.89. The molecule has 1 aromatic carbocycles. The fourth-order valence-corrected chi connectivity index (χ4v) is 2.44. The molecule has 0 atom stereocenters. The summed E-state index contributed by atoms with van der Waals surface area (Å²) in [4.78, 5) is 2.34. The van der Waals surface area contributed by atoms with Crippen LogP contribution in [-0.2, 0) is 0 Å². The molecular formula is C16H26N2O2. The Bertz CT molecular complexity index is 428. The Morgan fingerprint density at radius 2 is 1.80 bits per heavy atom. The Balaban J connectivity index is 1.75. The van der Waals surface area contributed by atoms with E-state index < -0.39 is 0 Å². The summed E-state index contributed by atoms with van der Waals surface area (Å²) in [5.74, 6) is 2.16. The summed E-state index contributed by atoms with van der Waals surface area (Å²) in [5.41, 5.74) is 6.27. The lowest BCUT2D eigenvalue weighted by atomic mass is 9.80. The van der Waals surface area contributed by atoms with E-state index in [1.165, 1.54) is 0 Å². The zero-order valence-electron chi connectivity index (χ0n) is 12.8. The molecule has 1 aliphatic rings. The topological polar surface area (TPSA) is 47.7 Å². The molecule has 2 rings (SSSR count). The molecule has 0 unspecified atom stereocenters. The molecule has 20 heavy (non-hydrogen) atoms. The molecule has 2 N–H and O–H groups in total. The van der Waals surface area contributed by atoms with Crippen molar-refractivity contribution in [3.8, 4) is 11.5 Å². The maximum atomic E-state index is 6.28. The lowest BCUT2D eigenvalue weighted by Gasteiger charge is -2.50. The Morgan fingerprint density at radius 3 is 2.35 bits per heavy atom. The smallest absolute Gasteiger partial charge is 0.161 e. The van der Waals surface area contributed by atoms with Crippen molar-refractivity contribution in [2.45, 2.75) is 26.3 Å². The molecule has 1 aromatic rings. The lowest BCUT2D eigenvalue weighted by Crippen LogP contribution is -2.70. The van der Waals surface area contributed by atoms with Gasteiger partial charge in [0.2, 0.25) is 0 Å². The minimum Gasteiger partial charge on any atom is -0.490 e. The van der Waals surface area contributed by atoms with Crippen LogP contribution < -0.4 is 15.2 Å². The van der Waals surface area contributed by atoms with Gasteiger partial charge < -0.3 is 15.2 Å². The van der Waals surface area contributed by atoms with Crippen molar-refractivity contribution in [1.82, 2.24) is 4.90 Å². The average Bonchev–Trinajstić information content (AvgIpc) is 2.38. The molecule has 0 saturated carbocycles. The van der Waals surface area contributed by atoms with E-state index in [1.807, 2.05) is 31.2 Å². The molecule has 0 radical (unpaired) electrons. The molecular weight excluding hydrogens is 252 g/mol. The molecule has 0 aromatic heterocycles. The van der Waals surface area contributed by atoms with Gasteiger partial charge in [-0.05, 0) is 25.0 Å². The number of hydrogen-bond acceptors (Lipinski definition) is 4. The fourth-order valence-electron chi connectivity index (χ4n) is 2.44. The van der Waals surface area contributed by atoms with Crippen molar-refractivity contribution >= 4 is 0 Å². The first-order chi connectivity index (χ1) is 9.55. The zero-order valence-corrected chi connectivity index (χ0v) is 12.8. The number of benzene rings is 1. The number of hydrogen-bond donors (Lipinski definition) is 1. The van der Waals surface area contributed by atoms with E-state index in [0.717, 1.165) is 31.1 Å². The number of rotatable bonds is 7. The van der Waals surface area contributed by atoms with Gasteiger partial charge in [0.25, 0.3) is 0 Å². The van der Waals surface area contributed by atoms with Gasteiger partial charge in [0.1, 0.15) is 6.61 Å². The standard InChI is InChI=1S/C16H26N2O2/c1-4-19-14-7-5-6-8-15(14)20-10-9-18-11-16(17,12-18)13(2)3/h5-8,13H,4,9-12,17H2,1-3H3. The summed E-state index contributed by atoms with van der Waals surface area (Å²) in [6.07, 6.45) is 0. The highest BCUT2D eigenvalue weighted by molar-refractivity contribution is 5.39. The van der Waals surface area contributed by atoms with Gasteiger partial charge in [0, 0.05) is 25.2 Å². The summed E-state index contributed by atoms with van der Waals surface area (Å²) in [7, 11) is 0. The van der Waals surface area contributed by atoms with Crippen molar-refractivity contribution in [1.29, 1.82) is 0 Å². The second kappa shape index (κ2) is 6.46. The van der Waals surface area contributed by atoms with Gasteiger partial charge >= 0.3 is 0 Å². The quantitative estimate of drug-likeness (QED) is 0.830. The highest BCUT2D eigenvalue weighted by Gasteiger charge is 2.41. The minimum absolute atomic E-state index is 0.0107. The van der Waals surface area contributed by atoms with Gasteiger partial charge in [-0.2, -0.15) is 0 Å². The van der Waals surface area contributed by atoms with Crippen LogP contribution in [0.4, 0.5) is 0 Å². The summed E-state index contributed by atoms with van der Waals surface area (Å²) in [6, 6.07) is 7.80. The SMILES string of the molecule is CCOc1ccccc1OCCN1CC(N)(C(C)C)C1. The summed E-state index contributed by atoms with van der Waals surface area (Å²) in [6.45, 7) is 10.5. The molecule has 0 amide bonds. The molecule has 0 bridgehead atoms. The first kappa shape index (κ1) is 15.1. The van der Waals surface area contributed by atoms with Crippen LogP contribution in [0.2, 0.25) is 0 Å². The van der Waals surface area contributed by atoms with Crippen LogP contribution >= 0.6 is 0 Å². The van der Waals surface area contributed by atoms with Crippen molar-refractivity contribution in [3.05, 3.63) is 24.3 Å². The molecule has 1 aliphatic heterocycles. The number of likely N-dealkylation sites (tertiary alicyclic amines) is 1. The zero-order chi connectivity index (χ0) is 14.6. The van der Waals surface area contributed by atoms with E-state index in [1.54, 1.807) is 0 Å². The molecule has 0 spiro atoms. The lowest BCUT2D eigenvalue weighted by molar-refractivity contribution is 0.0279. The summed E-state index contributed by atoms with van der Waals surface area (Å²) in [5, 5.41) is 0. The van der Waals surface area contributed by atoms with E-state index in [0.29, 0.717) is 19.1 Å². The van der Waals surface area contributed by atoms with E-state index >= 15 is 0 Å². The molecule has 112 valence electrons. The largest absolute Gasteiger partial charge is 0.490 e. The maximum Gasteiger partial charge on any atom is 0.161 e. The van der Waals surface area contributed by atoms with Crippen LogP contribution in [0.1, 0.15) is 20.8 Å². The van der Waals surface area contributed by atoms with Crippen molar-refractivity contribution in [2.75, 3.05) is 32.8 Å². The molecule has 0 aliphatic carbocycles. The van der Waals surface area contributed by atoms with E-state index in [2.05, 4.69) is 18.7 Å². The predicted octanol–water partition coefficient (Wildman–Crippen LogP) is 2.13. The van der Waals surface area contributed by atoms with E-state index in [9.17, 15) is 0 Å². The Morgan fingerprint density at radius 1 is 1.20 bits per heavy atom. The minimum atomic E-state index is -0.0107. The van der Waals surface area contributed by atoms with E-state index in [-0.39, 0.29) is 5.54 Å². The first-order valence-corrected chi connectivity index (χ1v) is 7.41. The van der Waals surface area contributed by atoms with Crippen LogP contribution in [0.25, 0.3) is 0 Å². The third-order valence-electron chi connectivity index (χ3n) is 4.00. The van der Waals surface area contributed by atoms with Crippen molar-refractivity contribution in [3.63, 3.8) is 0 Å². The van der Waals surface area contributed by atoms with Crippen LogP contribution in [0.5, 0.6) is 11.5 Å². The maximum absolute atomic E-state index is 6.28. The molecule has 1 fully saturated rings. The Hall–Kier alpha value is -1.26. The van der Waals surface area contributed by atoms with Gasteiger partial charge in [-0.25, -0.2) is 0 Å². The van der Waals surface area contributed by atoms with Gasteiger partial charge in [0.15, 0.2) is 11.5 Å². The average molecular weight is 278 g/mol. The number of nitrogens with zero attached hydrogens (tertiary/aromatic N) is 1. The molecule has 4 nitrogen and oxygen atoms in total. The van der Waals surface area contributed by atoms with Crippen LogP contribution in [0.15, 0.2) is 24.3 Å². The van der Waals surface area contributed by atoms with E-state index in [4.69, 9.17) is 15.2 Å². The number of nitrogens with two attached hydrogens (primary N) is 1. The predicted molar refractivity (Wildman–Crippen MR) is 81.3 cm³/mol.